The van der Waals surface area contributed by atoms with Gasteiger partial charge in [0.1, 0.15) is 5.82 Å². The molecular weight excluding hydrogens is 325 g/mol. The van der Waals surface area contributed by atoms with Crippen LogP contribution in [0.5, 0.6) is 0 Å². The third-order valence-corrected chi connectivity index (χ3v) is 4.08. The predicted molar refractivity (Wildman–Crippen MR) is 92.9 cm³/mol. The lowest BCUT2D eigenvalue weighted by atomic mass is 10.3. The van der Waals surface area contributed by atoms with Crippen LogP contribution in [0.25, 0.3) is 0 Å². The normalized spacial score (nSPS) is 15.9. The molecule has 1 aliphatic heterocycles. The highest BCUT2D eigenvalue weighted by atomic mass is 19.1. The van der Waals surface area contributed by atoms with Gasteiger partial charge in [-0.25, -0.2) is 9.18 Å². The smallest absolute Gasteiger partial charge is 0.323 e. The van der Waals surface area contributed by atoms with Gasteiger partial charge in [-0.2, -0.15) is 5.10 Å². The number of hydrogen-bond donors (Lipinski definition) is 3. The van der Waals surface area contributed by atoms with Gasteiger partial charge < -0.3 is 20.6 Å². The second-order valence-corrected chi connectivity index (χ2v) is 6.17. The summed E-state index contributed by atoms with van der Waals surface area (Å²) >= 11 is 0. The van der Waals surface area contributed by atoms with Crippen LogP contribution in [0, 0.1) is 5.82 Å². The Bertz CT molecular complexity index is 715. The van der Waals surface area contributed by atoms with Crippen LogP contribution in [-0.4, -0.2) is 51.6 Å². The summed E-state index contributed by atoms with van der Waals surface area (Å²) in [5.41, 5.74) is 0.579. The molecule has 1 fully saturated rings. The van der Waals surface area contributed by atoms with Crippen LogP contribution in [0.1, 0.15) is 12.8 Å². The summed E-state index contributed by atoms with van der Waals surface area (Å²) in [6, 6.07) is 5.39. The Morgan fingerprint density at radius 1 is 1.24 bits per heavy atom. The van der Waals surface area contributed by atoms with Crippen LogP contribution in [0.15, 0.2) is 36.7 Å². The van der Waals surface area contributed by atoms with Gasteiger partial charge in [0, 0.05) is 12.7 Å². The molecule has 1 aliphatic rings. The largest absolute Gasteiger partial charge is 0.390 e. The van der Waals surface area contributed by atoms with Crippen molar-refractivity contribution in [1.82, 2.24) is 14.7 Å². The Kier molecular flexibility index (Phi) is 5.62. The average Bonchev–Trinajstić information content (AvgIpc) is 3.22. The first-order chi connectivity index (χ1) is 12.1. The molecule has 1 aromatic carbocycles. The van der Waals surface area contributed by atoms with E-state index in [4.69, 9.17) is 0 Å². The number of carbonyl (C=O) groups excluding carboxylic acids is 1. The third kappa shape index (κ3) is 5.01. The summed E-state index contributed by atoms with van der Waals surface area (Å²) in [5, 5.41) is 19.3. The molecule has 1 atom stereocenters. The SMILES string of the molecule is O=C(Nc1cnn(C[C@@H](O)CN2CCCC2)c1)Nc1ccccc1F. The first-order valence-electron chi connectivity index (χ1n) is 8.35. The molecule has 3 N–H and O–H groups in total. The molecule has 0 aliphatic carbocycles. The Hall–Kier alpha value is -2.45. The van der Waals surface area contributed by atoms with Crippen molar-refractivity contribution in [3.8, 4) is 0 Å². The molecule has 0 radical (unpaired) electrons. The number of urea groups is 1. The molecule has 2 amide bonds. The highest BCUT2D eigenvalue weighted by Gasteiger charge is 2.16. The Morgan fingerprint density at radius 2 is 2.00 bits per heavy atom. The van der Waals surface area contributed by atoms with Crippen molar-refractivity contribution < 1.29 is 14.3 Å². The molecule has 1 saturated heterocycles. The molecule has 3 rings (SSSR count). The number of β-amino-alcohol motifs (C(OH)–C–C–N with tert-alkyl or cyclic N) is 1. The molecule has 0 bridgehead atoms. The average molecular weight is 347 g/mol. The number of nitrogens with one attached hydrogen (secondary N) is 2. The molecular formula is C17H22FN5O2. The number of aliphatic hydroxyl groups excluding tert-OH is 1. The van der Waals surface area contributed by atoms with Crippen molar-refractivity contribution >= 4 is 17.4 Å². The number of aliphatic hydroxyl groups is 1. The third-order valence-electron chi connectivity index (χ3n) is 4.08. The minimum absolute atomic E-state index is 0.105. The molecule has 8 heteroatoms. The van der Waals surface area contributed by atoms with Gasteiger partial charge in [0.05, 0.1) is 30.2 Å². The minimum Gasteiger partial charge on any atom is -0.390 e. The second kappa shape index (κ2) is 8.09. The minimum atomic E-state index is -0.553. The first-order valence-corrected chi connectivity index (χ1v) is 8.35. The van der Waals surface area contributed by atoms with Crippen LogP contribution in [0.3, 0.4) is 0 Å². The van der Waals surface area contributed by atoms with E-state index in [0.29, 0.717) is 18.8 Å². The van der Waals surface area contributed by atoms with Crippen LogP contribution < -0.4 is 10.6 Å². The number of halogens is 1. The lowest BCUT2D eigenvalue weighted by molar-refractivity contribution is 0.106. The van der Waals surface area contributed by atoms with Crippen molar-refractivity contribution in [2.75, 3.05) is 30.3 Å². The molecule has 134 valence electrons. The Morgan fingerprint density at radius 3 is 2.76 bits per heavy atom. The maximum atomic E-state index is 13.5. The van der Waals surface area contributed by atoms with Crippen LogP contribution in [0.2, 0.25) is 0 Å². The summed E-state index contributed by atoms with van der Waals surface area (Å²) in [4.78, 5) is 14.1. The number of para-hydroxylation sites is 1. The van der Waals surface area contributed by atoms with E-state index in [1.165, 1.54) is 31.2 Å². The molecule has 7 nitrogen and oxygen atoms in total. The summed E-state index contributed by atoms with van der Waals surface area (Å²) in [5.74, 6) is -0.501. The first kappa shape index (κ1) is 17.4. The van der Waals surface area contributed by atoms with Crippen LogP contribution in [-0.2, 0) is 6.54 Å². The number of nitrogens with zero attached hydrogens (tertiary/aromatic N) is 3. The van der Waals surface area contributed by atoms with Gasteiger partial charge in [-0.05, 0) is 38.1 Å². The standard InChI is InChI=1S/C17H22FN5O2/c18-15-5-1-2-6-16(15)21-17(25)20-13-9-19-23(10-13)12-14(24)11-22-7-3-4-8-22/h1-2,5-6,9-10,14,24H,3-4,7-8,11-12H2,(H2,20,21,25)/t14-/m0/s1. The van der Waals surface area contributed by atoms with Crippen molar-refractivity contribution in [2.45, 2.75) is 25.5 Å². The van der Waals surface area contributed by atoms with E-state index in [1.807, 2.05) is 0 Å². The number of benzene rings is 1. The molecule has 0 spiro atoms. The zero-order valence-corrected chi connectivity index (χ0v) is 13.9. The lowest BCUT2D eigenvalue weighted by Crippen LogP contribution is -2.32. The topological polar surface area (TPSA) is 82.4 Å². The van der Waals surface area contributed by atoms with E-state index >= 15 is 0 Å². The Labute approximate surface area is 145 Å². The number of hydrogen-bond acceptors (Lipinski definition) is 4. The Balaban J connectivity index is 1.49. The van der Waals surface area contributed by atoms with E-state index in [9.17, 15) is 14.3 Å². The number of amides is 2. The highest BCUT2D eigenvalue weighted by Crippen LogP contribution is 2.14. The lowest BCUT2D eigenvalue weighted by Gasteiger charge is -2.19. The molecule has 1 aromatic heterocycles. The zero-order valence-electron chi connectivity index (χ0n) is 13.9. The van der Waals surface area contributed by atoms with E-state index in [0.717, 1.165) is 13.1 Å². The summed E-state index contributed by atoms with van der Waals surface area (Å²) < 4.78 is 15.1. The van der Waals surface area contributed by atoms with Crippen molar-refractivity contribution in [1.29, 1.82) is 0 Å². The van der Waals surface area contributed by atoms with Gasteiger partial charge >= 0.3 is 6.03 Å². The van der Waals surface area contributed by atoms with Crippen molar-refractivity contribution in [3.63, 3.8) is 0 Å². The summed E-state index contributed by atoms with van der Waals surface area (Å²) in [6.45, 7) is 3.03. The van der Waals surface area contributed by atoms with Gasteiger partial charge in [-0.1, -0.05) is 12.1 Å². The van der Waals surface area contributed by atoms with E-state index in [1.54, 1.807) is 23.0 Å². The van der Waals surface area contributed by atoms with Gasteiger partial charge in [0.25, 0.3) is 0 Å². The fourth-order valence-corrected chi connectivity index (χ4v) is 2.91. The van der Waals surface area contributed by atoms with Crippen LogP contribution in [0.4, 0.5) is 20.6 Å². The molecule has 2 heterocycles. The number of carbonyl (C=O) groups is 1. The van der Waals surface area contributed by atoms with E-state index < -0.39 is 18.0 Å². The van der Waals surface area contributed by atoms with E-state index in [2.05, 4.69) is 20.6 Å². The van der Waals surface area contributed by atoms with Crippen molar-refractivity contribution in [2.24, 2.45) is 0 Å². The van der Waals surface area contributed by atoms with E-state index in [-0.39, 0.29) is 5.69 Å². The maximum Gasteiger partial charge on any atom is 0.323 e. The summed E-state index contributed by atoms with van der Waals surface area (Å²) in [6.07, 6.45) is 4.97. The molecule has 0 unspecified atom stereocenters. The second-order valence-electron chi connectivity index (χ2n) is 6.17. The van der Waals surface area contributed by atoms with Crippen LogP contribution >= 0.6 is 0 Å². The number of likely N-dealkylation sites (tertiary alicyclic amines) is 1. The fraction of sp³-hybridized carbons (Fsp3) is 0.412. The molecule has 2 aromatic rings. The fourth-order valence-electron chi connectivity index (χ4n) is 2.91. The van der Waals surface area contributed by atoms with Gasteiger partial charge in [0.15, 0.2) is 0 Å². The van der Waals surface area contributed by atoms with Crippen molar-refractivity contribution in [3.05, 3.63) is 42.5 Å². The predicted octanol–water partition coefficient (Wildman–Crippen LogP) is 2.12. The number of anilines is 2. The van der Waals surface area contributed by atoms with Gasteiger partial charge in [0.2, 0.25) is 0 Å². The number of rotatable bonds is 6. The highest BCUT2D eigenvalue weighted by molar-refractivity contribution is 5.99. The van der Waals surface area contributed by atoms with Gasteiger partial charge in [-0.3, -0.25) is 4.68 Å². The zero-order chi connectivity index (χ0) is 17.6. The molecule has 0 saturated carbocycles. The summed E-state index contributed by atoms with van der Waals surface area (Å²) in [7, 11) is 0. The van der Waals surface area contributed by atoms with Gasteiger partial charge in [-0.15, -0.1) is 0 Å². The molecule has 25 heavy (non-hydrogen) atoms. The quantitative estimate of drug-likeness (QED) is 0.748. The number of aromatic nitrogens is 2. The monoisotopic (exact) mass is 347 g/mol. The maximum absolute atomic E-state index is 13.5.